The van der Waals surface area contributed by atoms with E-state index in [0.717, 1.165) is 4.47 Å². The van der Waals surface area contributed by atoms with Crippen LogP contribution in [0.4, 0.5) is 5.82 Å². The molecule has 0 saturated heterocycles. The van der Waals surface area contributed by atoms with E-state index in [0.29, 0.717) is 4.47 Å². The Bertz CT molecular complexity index is 662. The average Bonchev–Trinajstić information content (AvgIpc) is 2.29. The minimum atomic E-state index is -3.68. The predicted octanol–water partition coefficient (Wildman–Crippen LogP) is 2.80. The van der Waals surface area contributed by atoms with Crippen molar-refractivity contribution >= 4 is 47.7 Å². The first-order valence-electron chi connectivity index (χ1n) is 4.73. The van der Waals surface area contributed by atoms with Crippen LogP contribution in [-0.4, -0.2) is 18.4 Å². The molecule has 0 aliphatic carbocycles. The van der Waals surface area contributed by atoms with Crippen molar-refractivity contribution in [2.75, 3.05) is 4.72 Å². The lowest BCUT2D eigenvalue weighted by Crippen LogP contribution is -2.14. The van der Waals surface area contributed by atoms with Gasteiger partial charge in [-0.05, 0) is 34.1 Å². The van der Waals surface area contributed by atoms with Gasteiger partial charge in [-0.1, -0.05) is 15.9 Å². The first-order valence-corrected chi connectivity index (χ1v) is 7.80. The molecule has 0 aliphatic rings. The first kappa shape index (κ1) is 13.4. The lowest BCUT2D eigenvalue weighted by Gasteiger charge is -2.08. The molecule has 8 heteroatoms. The summed E-state index contributed by atoms with van der Waals surface area (Å²) in [5.41, 5.74) is 0. The molecule has 18 heavy (non-hydrogen) atoms. The Morgan fingerprint density at radius 3 is 2.56 bits per heavy atom. The van der Waals surface area contributed by atoms with E-state index in [1.165, 1.54) is 24.7 Å². The number of halogens is 2. The molecule has 1 aromatic heterocycles. The molecule has 94 valence electrons. The molecule has 1 aromatic carbocycles. The second kappa shape index (κ2) is 5.33. The van der Waals surface area contributed by atoms with Gasteiger partial charge in [0.05, 0.1) is 6.20 Å². The molecule has 2 rings (SSSR count). The van der Waals surface area contributed by atoms with Crippen molar-refractivity contribution in [2.24, 2.45) is 0 Å². The van der Waals surface area contributed by atoms with E-state index in [9.17, 15) is 8.42 Å². The maximum Gasteiger partial charge on any atom is 0.264 e. The molecule has 2 aromatic rings. The number of sulfonamides is 1. The minimum absolute atomic E-state index is 0.136. The third-order valence-corrected chi connectivity index (χ3v) is 4.81. The third-order valence-electron chi connectivity index (χ3n) is 1.99. The molecular formula is C10H7Br2N3O2S. The number of anilines is 1. The van der Waals surface area contributed by atoms with Gasteiger partial charge in [-0.25, -0.2) is 13.4 Å². The SMILES string of the molecule is O=S(=O)(Nc1cnccn1)c1ccc(Br)cc1Br. The highest BCUT2D eigenvalue weighted by Gasteiger charge is 2.18. The van der Waals surface area contributed by atoms with Crippen LogP contribution >= 0.6 is 31.9 Å². The van der Waals surface area contributed by atoms with Gasteiger partial charge in [-0.2, -0.15) is 0 Å². The number of aromatic nitrogens is 2. The Morgan fingerprint density at radius 2 is 1.94 bits per heavy atom. The van der Waals surface area contributed by atoms with Crippen molar-refractivity contribution in [1.82, 2.24) is 9.97 Å². The fraction of sp³-hybridized carbons (Fsp3) is 0. The lowest BCUT2D eigenvalue weighted by atomic mass is 10.4. The highest BCUT2D eigenvalue weighted by atomic mass is 79.9. The van der Waals surface area contributed by atoms with Crippen LogP contribution in [0.5, 0.6) is 0 Å². The summed E-state index contributed by atoms with van der Waals surface area (Å²) in [5, 5.41) is 0. The predicted molar refractivity (Wildman–Crippen MR) is 74.7 cm³/mol. The van der Waals surface area contributed by atoms with Crippen molar-refractivity contribution in [3.05, 3.63) is 45.7 Å². The standard InChI is InChI=1S/C10H7Br2N3O2S/c11-7-1-2-9(8(12)5-7)18(16,17)15-10-6-13-3-4-14-10/h1-6H,(H,14,15). The van der Waals surface area contributed by atoms with Crippen LogP contribution in [0.25, 0.3) is 0 Å². The summed E-state index contributed by atoms with van der Waals surface area (Å²) in [6.07, 6.45) is 4.21. The summed E-state index contributed by atoms with van der Waals surface area (Å²) in [6.45, 7) is 0. The number of nitrogens with zero attached hydrogens (tertiary/aromatic N) is 2. The van der Waals surface area contributed by atoms with Gasteiger partial charge >= 0.3 is 0 Å². The van der Waals surface area contributed by atoms with Crippen LogP contribution in [0.2, 0.25) is 0 Å². The van der Waals surface area contributed by atoms with E-state index in [1.54, 1.807) is 12.1 Å². The largest absolute Gasteiger partial charge is 0.264 e. The maximum absolute atomic E-state index is 12.1. The summed E-state index contributed by atoms with van der Waals surface area (Å²) < 4.78 is 27.8. The lowest BCUT2D eigenvalue weighted by molar-refractivity contribution is 0.600. The molecular weight excluding hydrogens is 386 g/mol. The number of hydrogen-bond donors (Lipinski definition) is 1. The van der Waals surface area contributed by atoms with Crippen molar-refractivity contribution in [2.45, 2.75) is 4.90 Å². The quantitative estimate of drug-likeness (QED) is 0.871. The summed E-state index contributed by atoms with van der Waals surface area (Å²) in [4.78, 5) is 7.79. The van der Waals surface area contributed by atoms with Gasteiger partial charge in [0.15, 0.2) is 5.82 Å². The summed E-state index contributed by atoms with van der Waals surface area (Å²) >= 11 is 6.47. The zero-order chi connectivity index (χ0) is 13.2. The van der Waals surface area contributed by atoms with Gasteiger partial charge in [0.25, 0.3) is 10.0 Å². The van der Waals surface area contributed by atoms with Crippen molar-refractivity contribution in [3.63, 3.8) is 0 Å². The number of hydrogen-bond acceptors (Lipinski definition) is 4. The Balaban J connectivity index is 2.37. The molecule has 1 N–H and O–H groups in total. The molecule has 5 nitrogen and oxygen atoms in total. The fourth-order valence-electron chi connectivity index (χ4n) is 1.24. The van der Waals surface area contributed by atoms with Gasteiger partial charge in [-0.3, -0.25) is 9.71 Å². The molecule has 0 unspecified atom stereocenters. The van der Waals surface area contributed by atoms with Gasteiger partial charge in [0.2, 0.25) is 0 Å². The van der Waals surface area contributed by atoms with Crippen LogP contribution in [-0.2, 0) is 10.0 Å². The first-order chi connectivity index (χ1) is 8.49. The maximum atomic E-state index is 12.1. The van der Waals surface area contributed by atoms with E-state index in [-0.39, 0.29) is 10.7 Å². The molecule has 0 bridgehead atoms. The molecule has 0 atom stereocenters. The smallest absolute Gasteiger partial charge is 0.262 e. The molecule has 0 spiro atoms. The average molecular weight is 393 g/mol. The number of benzene rings is 1. The number of rotatable bonds is 3. The Labute approximate surface area is 121 Å². The zero-order valence-electron chi connectivity index (χ0n) is 8.84. The molecule has 0 radical (unpaired) electrons. The molecule has 0 aliphatic heterocycles. The van der Waals surface area contributed by atoms with E-state index >= 15 is 0 Å². The Hall–Kier alpha value is -0.990. The summed E-state index contributed by atoms with van der Waals surface area (Å²) in [5.74, 6) is 0.173. The highest BCUT2D eigenvalue weighted by Crippen LogP contribution is 2.26. The minimum Gasteiger partial charge on any atom is -0.262 e. The Kier molecular flexibility index (Phi) is 3.98. The second-order valence-corrected chi connectivity index (χ2v) is 6.69. The molecule has 1 heterocycles. The van der Waals surface area contributed by atoms with E-state index in [2.05, 4.69) is 46.5 Å². The summed E-state index contributed by atoms with van der Waals surface area (Å²) in [6, 6.07) is 4.80. The summed E-state index contributed by atoms with van der Waals surface area (Å²) in [7, 11) is -3.68. The van der Waals surface area contributed by atoms with Gasteiger partial charge in [0.1, 0.15) is 4.90 Å². The number of nitrogens with one attached hydrogen (secondary N) is 1. The van der Waals surface area contributed by atoms with Crippen molar-refractivity contribution in [3.8, 4) is 0 Å². The normalized spacial score (nSPS) is 11.2. The van der Waals surface area contributed by atoms with Crippen molar-refractivity contribution in [1.29, 1.82) is 0 Å². The van der Waals surface area contributed by atoms with Gasteiger partial charge < -0.3 is 0 Å². The van der Waals surface area contributed by atoms with Crippen LogP contribution in [0.1, 0.15) is 0 Å². The van der Waals surface area contributed by atoms with Crippen LogP contribution < -0.4 is 4.72 Å². The van der Waals surface area contributed by atoms with Crippen molar-refractivity contribution < 1.29 is 8.42 Å². The topological polar surface area (TPSA) is 72.0 Å². The van der Waals surface area contributed by atoms with Gasteiger partial charge in [0, 0.05) is 21.3 Å². The van der Waals surface area contributed by atoms with Crippen LogP contribution in [0.3, 0.4) is 0 Å². The van der Waals surface area contributed by atoms with E-state index in [4.69, 9.17) is 0 Å². The Morgan fingerprint density at radius 1 is 1.17 bits per heavy atom. The van der Waals surface area contributed by atoms with E-state index in [1.807, 2.05) is 0 Å². The van der Waals surface area contributed by atoms with Gasteiger partial charge in [-0.15, -0.1) is 0 Å². The fourth-order valence-corrected chi connectivity index (χ4v) is 3.98. The molecule has 0 amide bonds. The van der Waals surface area contributed by atoms with E-state index < -0.39 is 10.0 Å². The van der Waals surface area contributed by atoms with Crippen LogP contribution in [0.15, 0.2) is 50.6 Å². The van der Waals surface area contributed by atoms with Crippen LogP contribution in [0, 0.1) is 0 Å². The third kappa shape index (κ3) is 3.06. The molecule has 0 saturated carbocycles. The zero-order valence-corrected chi connectivity index (χ0v) is 12.8. The monoisotopic (exact) mass is 391 g/mol. The second-order valence-electron chi connectivity index (χ2n) is 3.27. The highest BCUT2D eigenvalue weighted by molar-refractivity contribution is 9.11. The molecule has 0 fully saturated rings.